The van der Waals surface area contributed by atoms with Crippen LogP contribution in [0.15, 0.2) is 21.2 Å². The maximum absolute atomic E-state index is 8.82. The van der Waals surface area contributed by atoms with Crippen molar-refractivity contribution in [2.75, 3.05) is 5.33 Å². The van der Waals surface area contributed by atoms with Crippen LogP contribution in [0, 0.1) is 11.3 Å². The van der Waals surface area contributed by atoms with E-state index in [1.54, 1.807) is 6.20 Å². The zero-order valence-electron chi connectivity index (χ0n) is 6.47. The van der Waals surface area contributed by atoms with Gasteiger partial charge in [0.1, 0.15) is 0 Å². The standard InChI is InChI=1S/C8H5Br3N2/c9-2-5(3-12)8-7(11)1-6(10)4-13-8/h1,4-5H,2H2. The molecule has 0 bridgehead atoms. The number of halogens is 3. The lowest BCUT2D eigenvalue weighted by Crippen LogP contribution is -2.01. The summed E-state index contributed by atoms with van der Waals surface area (Å²) in [5.74, 6) is -0.206. The van der Waals surface area contributed by atoms with Crippen LogP contribution in [0.1, 0.15) is 11.6 Å². The third-order valence-electron chi connectivity index (χ3n) is 1.48. The molecule has 68 valence electrons. The Morgan fingerprint density at radius 2 is 2.23 bits per heavy atom. The monoisotopic (exact) mass is 366 g/mol. The SMILES string of the molecule is N#CC(CBr)c1ncc(Br)cc1Br. The van der Waals surface area contributed by atoms with Crippen LogP contribution in [0.25, 0.3) is 0 Å². The van der Waals surface area contributed by atoms with Gasteiger partial charge in [-0.3, -0.25) is 4.98 Å². The molecule has 0 radical (unpaired) electrons. The maximum atomic E-state index is 8.82. The van der Waals surface area contributed by atoms with Crippen LogP contribution in [0.4, 0.5) is 0 Å². The fraction of sp³-hybridized carbons (Fsp3) is 0.250. The quantitative estimate of drug-likeness (QED) is 0.748. The molecule has 0 saturated heterocycles. The molecule has 1 rings (SSSR count). The largest absolute Gasteiger partial charge is 0.258 e. The van der Waals surface area contributed by atoms with Crippen LogP contribution in [-0.4, -0.2) is 10.3 Å². The zero-order valence-corrected chi connectivity index (χ0v) is 11.2. The summed E-state index contributed by atoms with van der Waals surface area (Å²) in [4.78, 5) is 4.17. The second-order valence-electron chi connectivity index (χ2n) is 2.36. The summed E-state index contributed by atoms with van der Waals surface area (Å²) < 4.78 is 1.75. The van der Waals surface area contributed by atoms with E-state index in [1.165, 1.54) is 0 Å². The van der Waals surface area contributed by atoms with Gasteiger partial charge in [0.05, 0.1) is 17.7 Å². The van der Waals surface area contributed by atoms with Gasteiger partial charge in [-0.05, 0) is 37.9 Å². The lowest BCUT2D eigenvalue weighted by atomic mass is 10.1. The first-order valence-electron chi connectivity index (χ1n) is 3.45. The molecule has 0 aliphatic rings. The van der Waals surface area contributed by atoms with Crippen LogP contribution in [0.5, 0.6) is 0 Å². The highest BCUT2D eigenvalue weighted by Gasteiger charge is 2.13. The highest BCUT2D eigenvalue weighted by molar-refractivity contribution is 9.11. The van der Waals surface area contributed by atoms with E-state index in [-0.39, 0.29) is 5.92 Å². The third kappa shape index (κ3) is 2.76. The Kier molecular flexibility index (Phi) is 4.36. The minimum atomic E-state index is -0.206. The molecule has 0 aliphatic heterocycles. The molecule has 1 heterocycles. The molecule has 2 nitrogen and oxygen atoms in total. The Balaban J connectivity index is 3.09. The summed E-state index contributed by atoms with van der Waals surface area (Å²) in [5, 5.41) is 9.41. The van der Waals surface area contributed by atoms with E-state index in [9.17, 15) is 0 Å². The number of hydrogen-bond donors (Lipinski definition) is 0. The van der Waals surface area contributed by atoms with Crippen molar-refractivity contribution in [1.82, 2.24) is 4.98 Å². The number of alkyl halides is 1. The summed E-state index contributed by atoms with van der Waals surface area (Å²) in [7, 11) is 0. The van der Waals surface area contributed by atoms with Crippen molar-refractivity contribution in [2.45, 2.75) is 5.92 Å². The summed E-state index contributed by atoms with van der Waals surface area (Å²) in [5.41, 5.74) is 0.766. The summed E-state index contributed by atoms with van der Waals surface area (Å²) in [6, 6.07) is 4.06. The molecule has 0 aliphatic carbocycles. The van der Waals surface area contributed by atoms with Crippen LogP contribution in [-0.2, 0) is 0 Å². The predicted octanol–water partition coefficient (Wildman–Crippen LogP) is 3.61. The van der Waals surface area contributed by atoms with Gasteiger partial charge in [0.15, 0.2) is 0 Å². The molecule has 1 atom stereocenters. The molecule has 0 aromatic carbocycles. The van der Waals surface area contributed by atoms with Crippen molar-refractivity contribution in [3.8, 4) is 6.07 Å². The van der Waals surface area contributed by atoms with Gasteiger partial charge >= 0.3 is 0 Å². The molecule has 1 aromatic rings. The highest BCUT2D eigenvalue weighted by atomic mass is 79.9. The van der Waals surface area contributed by atoms with E-state index in [2.05, 4.69) is 58.8 Å². The van der Waals surface area contributed by atoms with E-state index in [4.69, 9.17) is 5.26 Å². The number of hydrogen-bond acceptors (Lipinski definition) is 2. The Hall–Kier alpha value is 0.0800. The van der Waals surface area contributed by atoms with Crippen molar-refractivity contribution in [3.63, 3.8) is 0 Å². The van der Waals surface area contributed by atoms with Crippen molar-refractivity contribution in [2.24, 2.45) is 0 Å². The number of rotatable bonds is 2. The Labute approximate surface area is 102 Å². The fourth-order valence-corrected chi connectivity index (χ4v) is 2.57. The van der Waals surface area contributed by atoms with Gasteiger partial charge in [-0.15, -0.1) is 0 Å². The lowest BCUT2D eigenvalue weighted by Gasteiger charge is -2.06. The predicted molar refractivity (Wildman–Crippen MR) is 61.8 cm³/mol. The maximum Gasteiger partial charge on any atom is 0.0992 e. The van der Waals surface area contributed by atoms with Crippen LogP contribution in [0.2, 0.25) is 0 Å². The van der Waals surface area contributed by atoms with E-state index < -0.39 is 0 Å². The summed E-state index contributed by atoms with van der Waals surface area (Å²) >= 11 is 9.94. The van der Waals surface area contributed by atoms with Crippen LogP contribution < -0.4 is 0 Å². The summed E-state index contributed by atoms with van der Waals surface area (Å²) in [6.45, 7) is 0. The van der Waals surface area contributed by atoms with Gasteiger partial charge in [0, 0.05) is 20.5 Å². The van der Waals surface area contributed by atoms with E-state index >= 15 is 0 Å². The summed E-state index contributed by atoms with van der Waals surface area (Å²) in [6.07, 6.45) is 1.69. The first kappa shape index (κ1) is 11.2. The third-order valence-corrected chi connectivity index (χ3v) is 3.19. The number of aromatic nitrogens is 1. The molecule has 0 spiro atoms. The second kappa shape index (κ2) is 5.08. The number of nitrogens with zero attached hydrogens (tertiary/aromatic N) is 2. The Morgan fingerprint density at radius 1 is 1.54 bits per heavy atom. The molecular formula is C8H5Br3N2. The van der Waals surface area contributed by atoms with Crippen molar-refractivity contribution in [3.05, 3.63) is 26.9 Å². The number of nitriles is 1. The van der Waals surface area contributed by atoms with Gasteiger partial charge in [-0.1, -0.05) is 15.9 Å². The second-order valence-corrected chi connectivity index (χ2v) is 4.77. The van der Waals surface area contributed by atoms with Crippen molar-refractivity contribution in [1.29, 1.82) is 5.26 Å². The Morgan fingerprint density at radius 3 is 2.69 bits per heavy atom. The number of pyridine rings is 1. The zero-order chi connectivity index (χ0) is 9.84. The average molecular weight is 369 g/mol. The molecule has 1 unspecified atom stereocenters. The van der Waals surface area contributed by atoms with Gasteiger partial charge in [-0.25, -0.2) is 0 Å². The Bertz CT molecular complexity index is 346. The molecule has 5 heteroatoms. The smallest absolute Gasteiger partial charge is 0.0992 e. The molecule has 0 amide bonds. The molecule has 0 fully saturated rings. The van der Waals surface area contributed by atoms with Crippen LogP contribution >= 0.6 is 47.8 Å². The topological polar surface area (TPSA) is 36.7 Å². The van der Waals surface area contributed by atoms with Crippen molar-refractivity contribution >= 4 is 47.8 Å². The van der Waals surface area contributed by atoms with E-state index in [1.807, 2.05) is 6.07 Å². The van der Waals surface area contributed by atoms with Gasteiger partial charge in [0.2, 0.25) is 0 Å². The van der Waals surface area contributed by atoms with Crippen LogP contribution in [0.3, 0.4) is 0 Å². The van der Waals surface area contributed by atoms with Gasteiger partial charge in [0.25, 0.3) is 0 Å². The first-order valence-corrected chi connectivity index (χ1v) is 6.16. The minimum absolute atomic E-state index is 0.206. The molecule has 0 saturated carbocycles. The fourth-order valence-electron chi connectivity index (χ4n) is 0.850. The lowest BCUT2D eigenvalue weighted by molar-refractivity contribution is 0.926. The normalized spacial score (nSPS) is 12.2. The van der Waals surface area contributed by atoms with E-state index in [0.29, 0.717) is 5.33 Å². The van der Waals surface area contributed by atoms with Gasteiger partial charge < -0.3 is 0 Å². The molecule has 13 heavy (non-hydrogen) atoms. The molecule has 0 N–H and O–H groups in total. The highest BCUT2D eigenvalue weighted by Crippen LogP contribution is 2.26. The molecule has 1 aromatic heterocycles. The first-order chi connectivity index (χ1) is 6.19. The van der Waals surface area contributed by atoms with Crippen molar-refractivity contribution < 1.29 is 0 Å². The minimum Gasteiger partial charge on any atom is -0.258 e. The molecular weight excluding hydrogens is 364 g/mol. The van der Waals surface area contributed by atoms with E-state index in [0.717, 1.165) is 14.6 Å². The van der Waals surface area contributed by atoms with Gasteiger partial charge in [-0.2, -0.15) is 5.26 Å². The average Bonchev–Trinajstić information content (AvgIpc) is 2.10.